The van der Waals surface area contributed by atoms with Gasteiger partial charge in [0.05, 0.1) is 14.2 Å². The van der Waals surface area contributed by atoms with Crippen molar-refractivity contribution in [2.24, 2.45) is 0 Å². The van der Waals surface area contributed by atoms with Crippen molar-refractivity contribution in [3.05, 3.63) is 119 Å². The van der Waals surface area contributed by atoms with Gasteiger partial charge in [-0.15, -0.1) is 0 Å². The minimum atomic E-state index is 0.784. The summed E-state index contributed by atoms with van der Waals surface area (Å²) in [5.74, 6) is 1.57. The Bertz CT molecular complexity index is 1250. The minimum absolute atomic E-state index is 0.784. The van der Waals surface area contributed by atoms with Crippen LogP contribution in [0.25, 0.3) is 23.3 Å². The van der Waals surface area contributed by atoms with Crippen molar-refractivity contribution < 1.29 is 9.47 Å². The molecule has 0 saturated carbocycles. The maximum Gasteiger partial charge on any atom is 0.123 e. The molecule has 0 aromatic heterocycles. The molecule has 4 aromatic carbocycles. The molecule has 2 heteroatoms. The van der Waals surface area contributed by atoms with Crippen LogP contribution in [0.3, 0.4) is 0 Å². The molecular formula is C30H28O2. The zero-order valence-electron chi connectivity index (χ0n) is 18.6. The number of ether oxygens (including phenoxy) is 2. The van der Waals surface area contributed by atoms with E-state index in [0.29, 0.717) is 0 Å². The van der Waals surface area contributed by atoms with E-state index in [4.69, 9.17) is 9.47 Å². The van der Waals surface area contributed by atoms with Gasteiger partial charge in [-0.2, -0.15) is 0 Å². The van der Waals surface area contributed by atoms with Crippen molar-refractivity contribution in [3.8, 4) is 22.6 Å². The van der Waals surface area contributed by atoms with Crippen molar-refractivity contribution >= 4 is 12.2 Å². The zero-order chi connectivity index (χ0) is 22.2. The highest BCUT2D eigenvalue weighted by molar-refractivity contribution is 5.69. The first kappa shape index (κ1) is 21.5. The van der Waals surface area contributed by atoms with Crippen molar-refractivity contribution in [1.29, 1.82) is 0 Å². The molecule has 0 N–H and O–H groups in total. The highest BCUT2D eigenvalue weighted by atomic mass is 16.5. The summed E-state index contributed by atoms with van der Waals surface area (Å²) < 4.78 is 11.1. The van der Waals surface area contributed by atoms with Gasteiger partial charge in [0, 0.05) is 6.07 Å². The Morgan fingerprint density at radius 1 is 0.594 bits per heavy atom. The highest BCUT2D eigenvalue weighted by Crippen LogP contribution is 2.27. The van der Waals surface area contributed by atoms with Crippen LogP contribution in [-0.4, -0.2) is 14.2 Å². The van der Waals surface area contributed by atoms with Crippen molar-refractivity contribution in [2.75, 3.05) is 14.2 Å². The van der Waals surface area contributed by atoms with Crippen LogP contribution in [0.5, 0.6) is 11.5 Å². The van der Waals surface area contributed by atoms with Crippen LogP contribution in [0, 0.1) is 0 Å². The standard InChI is InChI=1S/C30H28O2/c1-31-28-20-27(21-29(22-28)32-2)30-19-25(14-13-23-9-5-3-6-10-23)16-18-26(30)17-15-24-11-7-4-8-12-24/h3-12,14,16-22H,13,15H2,1-2H3. The third-order valence-electron chi connectivity index (χ3n) is 5.56. The second-order valence-corrected chi connectivity index (χ2v) is 7.74. The van der Waals surface area contributed by atoms with Gasteiger partial charge in [-0.25, -0.2) is 0 Å². The molecule has 0 bridgehead atoms. The molecule has 0 radical (unpaired) electrons. The van der Waals surface area contributed by atoms with Gasteiger partial charge in [-0.1, -0.05) is 84.9 Å². The fourth-order valence-electron chi connectivity index (χ4n) is 3.78. The lowest BCUT2D eigenvalue weighted by atomic mass is 9.99. The molecule has 4 rings (SSSR count). The number of benzene rings is 4. The molecule has 0 aliphatic heterocycles. The summed E-state index contributed by atoms with van der Waals surface area (Å²) in [7, 11) is 3.37. The monoisotopic (exact) mass is 420 g/mol. The van der Waals surface area contributed by atoms with Crippen LogP contribution in [0.15, 0.2) is 97.1 Å². The zero-order valence-corrected chi connectivity index (χ0v) is 18.6. The Hall–Kier alpha value is -3.78. The van der Waals surface area contributed by atoms with Crippen molar-refractivity contribution in [2.45, 2.75) is 12.8 Å². The molecule has 0 atom stereocenters. The van der Waals surface area contributed by atoms with Gasteiger partial charge in [-0.05, 0) is 63.7 Å². The summed E-state index contributed by atoms with van der Waals surface area (Å²) in [5.41, 5.74) is 4.84. The molecule has 0 spiro atoms. The van der Waals surface area contributed by atoms with E-state index in [2.05, 4.69) is 103 Å². The first-order valence-electron chi connectivity index (χ1n) is 10.9. The number of rotatable bonds is 7. The molecule has 0 aliphatic rings. The topological polar surface area (TPSA) is 18.5 Å². The quantitative estimate of drug-likeness (QED) is 0.398. The maximum atomic E-state index is 5.53. The van der Waals surface area contributed by atoms with Crippen LogP contribution in [0.2, 0.25) is 0 Å². The van der Waals surface area contributed by atoms with E-state index in [-0.39, 0.29) is 0 Å². The molecule has 2 nitrogen and oxygen atoms in total. The van der Waals surface area contributed by atoms with Gasteiger partial charge in [0.1, 0.15) is 11.5 Å². The van der Waals surface area contributed by atoms with Crippen LogP contribution in [0.4, 0.5) is 0 Å². The third-order valence-corrected chi connectivity index (χ3v) is 5.56. The Balaban J connectivity index is 1.79. The van der Waals surface area contributed by atoms with Gasteiger partial charge in [-0.3, -0.25) is 0 Å². The smallest absolute Gasteiger partial charge is 0.123 e. The summed E-state index contributed by atoms with van der Waals surface area (Å²) in [6, 6.07) is 33.8. The van der Waals surface area contributed by atoms with Crippen molar-refractivity contribution in [3.63, 3.8) is 0 Å². The SMILES string of the molecule is COc1cc(OC)cc(-c2cc(=CCc3ccccc3)ccc2=CCc2ccccc2)c1. The molecule has 32 heavy (non-hydrogen) atoms. The fourth-order valence-corrected chi connectivity index (χ4v) is 3.78. The summed E-state index contributed by atoms with van der Waals surface area (Å²) in [5, 5.41) is 2.39. The van der Waals surface area contributed by atoms with Gasteiger partial charge in [0.25, 0.3) is 0 Å². The normalized spacial score (nSPS) is 12.1. The van der Waals surface area contributed by atoms with Gasteiger partial charge in [0.2, 0.25) is 0 Å². The molecule has 0 heterocycles. The molecule has 0 unspecified atom stereocenters. The largest absolute Gasteiger partial charge is 0.497 e. The molecule has 0 fully saturated rings. The first-order valence-corrected chi connectivity index (χ1v) is 10.9. The molecule has 160 valence electrons. The molecular weight excluding hydrogens is 392 g/mol. The second-order valence-electron chi connectivity index (χ2n) is 7.74. The third kappa shape index (κ3) is 5.47. The van der Waals surface area contributed by atoms with E-state index >= 15 is 0 Å². The average molecular weight is 421 g/mol. The van der Waals surface area contributed by atoms with E-state index in [0.717, 1.165) is 29.9 Å². The summed E-state index contributed by atoms with van der Waals surface area (Å²) in [4.78, 5) is 0. The van der Waals surface area contributed by atoms with E-state index in [1.807, 2.05) is 6.07 Å². The van der Waals surface area contributed by atoms with E-state index in [1.54, 1.807) is 14.2 Å². The van der Waals surface area contributed by atoms with E-state index < -0.39 is 0 Å². The van der Waals surface area contributed by atoms with Crippen LogP contribution in [0.1, 0.15) is 11.1 Å². The van der Waals surface area contributed by atoms with Gasteiger partial charge >= 0.3 is 0 Å². The molecule has 0 aliphatic carbocycles. The predicted octanol–water partition coefficient (Wildman–Crippen LogP) is 5.42. The van der Waals surface area contributed by atoms with Gasteiger partial charge < -0.3 is 9.47 Å². The van der Waals surface area contributed by atoms with E-state index in [9.17, 15) is 0 Å². The summed E-state index contributed by atoms with van der Waals surface area (Å²) in [6.07, 6.45) is 6.34. The Morgan fingerprint density at radius 3 is 1.72 bits per heavy atom. The maximum absolute atomic E-state index is 5.53. The predicted molar refractivity (Wildman–Crippen MR) is 133 cm³/mol. The lowest BCUT2D eigenvalue weighted by molar-refractivity contribution is 0.394. The van der Waals surface area contributed by atoms with Crippen LogP contribution >= 0.6 is 0 Å². The number of hydrogen-bond acceptors (Lipinski definition) is 2. The lowest BCUT2D eigenvalue weighted by Gasteiger charge is -2.10. The minimum Gasteiger partial charge on any atom is -0.497 e. The van der Waals surface area contributed by atoms with Crippen LogP contribution < -0.4 is 19.9 Å². The second kappa shape index (κ2) is 10.5. The van der Waals surface area contributed by atoms with Crippen LogP contribution in [-0.2, 0) is 12.8 Å². The summed E-state index contributed by atoms with van der Waals surface area (Å²) >= 11 is 0. The van der Waals surface area contributed by atoms with Crippen molar-refractivity contribution in [1.82, 2.24) is 0 Å². The van der Waals surface area contributed by atoms with Gasteiger partial charge in [0.15, 0.2) is 0 Å². The average Bonchev–Trinajstić information content (AvgIpc) is 2.87. The Kier molecular flexibility index (Phi) is 7.04. The Labute approximate surface area is 190 Å². The first-order chi connectivity index (χ1) is 15.7. The molecule has 4 aromatic rings. The molecule has 0 amide bonds. The molecule has 0 saturated heterocycles. The highest BCUT2D eigenvalue weighted by Gasteiger charge is 2.06. The fraction of sp³-hybridized carbons (Fsp3) is 0.133. The Morgan fingerprint density at radius 2 is 1.16 bits per heavy atom. The summed E-state index contributed by atoms with van der Waals surface area (Å²) in [6.45, 7) is 0. The number of hydrogen-bond donors (Lipinski definition) is 0. The number of methoxy groups -OCH3 is 2. The lowest BCUT2D eigenvalue weighted by Crippen LogP contribution is -2.13. The van der Waals surface area contributed by atoms with E-state index in [1.165, 1.54) is 27.1 Å².